The van der Waals surface area contributed by atoms with E-state index in [1.165, 1.54) is 12.1 Å². The molecule has 1 aromatic carbocycles. The molecule has 106 valence electrons. The zero-order valence-corrected chi connectivity index (χ0v) is 12.2. The average molecular weight is 336 g/mol. The zero-order chi connectivity index (χ0) is 15.1. The molecule has 1 aromatic heterocycles. The van der Waals surface area contributed by atoms with Gasteiger partial charge in [0.25, 0.3) is 14.7 Å². The molecule has 0 radical (unpaired) electrons. The van der Waals surface area contributed by atoms with Crippen molar-refractivity contribution in [2.45, 2.75) is 4.90 Å². The monoisotopic (exact) mass is 335 g/mol. The highest BCUT2D eigenvalue weighted by molar-refractivity contribution is 8.14. The Balaban J connectivity index is 2.89. The number of carbonyl (C=O) groups is 1. The molecule has 1 heterocycles. The van der Waals surface area contributed by atoms with Crippen molar-refractivity contribution in [1.29, 1.82) is 0 Å². The van der Waals surface area contributed by atoms with Crippen molar-refractivity contribution in [3.05, 3.63) is 33.2 Å². The van der Waals surface area contributed by atoms with E-state index in [1.54, 1.807) is 0 Å². The van der Waals surface area contributed by atoms with Gasteiger partial charge in [-0.1, -0.05) is 0 Å². The molecule has 0 fully saturated rings. The quantitative estimate of drug-likeness (QED) is 0.369. The number of halogens is 1. The fourth-order valence-corrected chi connectivity index (χ4v) is 4.52. The molecule has 0 atom stereocenters. The van der Waals surface area contributed by atoms with Crippen LogP contribution in [0, 0.1) is 10.1 Å². The number of nitro benzene ring substituents is 1. The van der Waals surface area contributed by atoms with E-state index in [0.717, 1.165) is 24.5 Å². The summed E-state index contributed by atoms with van der Waals surface area (Å²) in [5.41, 5.74) is -0.298. The number of rotatable bonds is 3. The number of nitrogens with zero attached hydrogens (tertiary/aromatic N) is 1. The van der Waals surface area contributed by atoms with Crippen LogP contribution >= 0.6 is 22.0 Å². The third kappa shape index (κ3) is 2.47. The van der Waals surface area contributed by atoms with Gasteiger partial charge in [0.15, 0.2) is 0 Å². The van der Waals surface area contributed by atoms with E-state index < -0.39 is 24.8 Å². The van der Waals surface area contributed by atoms with Crippen LogP contribution in [0.4, 0.5) is 5.69 Å². The van der Waals surface area contributed by atoms with Crippen LogP contribution in [0.15, 0.2) is 23.1 Å². The van der Waals surface area contributed by atoms with Crippen LogP contribution in [-0.4, -0.2) is 26.4 Å². The number of thiophene rings is 1. The molecular weight excluding hydrogens is 330 g/mol. The third-order valence-electron chi connectivity index (χ3n) is 2.45. The average Bonchev–Trinajstić information content (AvgIpc) is 2.75. The van der Waals surface area contributed by atoms with Gasteiger partial charge in [-0.15, -0.1) is 11.3 Å². The van der Waals surface area contributed by atoms with Gasteiger partial charge >= 0.3 is 5.97 Å². The number of benzene rings is 1. The standard InChI is InChI=1S/C10H6ClNO6S2/c1-18-10(13)8-9(20(11,16)17)6-4-5(12(14)15)2-3-7(6)19-8/h2-4H,1H3. The molecule has 0 N–H and O–H groups in total. The lowest BCUT2D eigenvalue weighted by atomic mass is 10.2. The van der Waals surface area contributed by atoms with E-state index in [9.17, 15) is 23.3 Å². The second kappa shape index (κ2) is 5.00. The van der Waals surface area contributed by atoms with Crippen LogP contribution in [0.2, 0.25) is 0 Å². The predicted octanol–water partition coefficient (Wildman–Crippen LogP) is 2.52. The number of hydrogen-bond donors (Lipinski definition) is 0. The van der Waals surface area contributed by atoms with Crippen molar-refractivity contribution >= 4 is 52.8 Å². The zero-order valence-electron chi connectivity index (χ0n) is 9.82. The fourth-order valence-electron chi connectivity index (χ4n) is 1.65. The van der Waals surface area contributed by atoms with Crippen LogP contribution in [0.5, 0.6) is 0 Å². The highest BCUT2D eigenvalue weighted by Crippen LogP contribution is 2.38. The van der Waals surface area contributed by atoms with E-state index in [-0.39, 0.29) is 16.0 Å². The number of nitro groups is 1. The summed E-state index contributed by atoms with van der Waals surface area (Å²) in [4.78, 5) is 21.0. The third-order valence-corrected chi connectivity index (χ3v) is 5.11. The topological polar surface area (TPSA) is 104 Å². The Labute approximate surface area is 121 Å². The maximum Gasteiger partial charge on any atom is 0.349 e. The number of methoxy groups -OCH3 is 1. The van der Waals surface area contributed by atoms with Crippen LogP contribution in [-0.2, 0) is 13.8 Å². The molecule has 20 heavy (non-hydrogen) atoms. The molecule has 0 aliphatic carbocycles. The summed E-state index contributed by atoms with van der Waals surface area (Å²) in [5, 5.41) is 10.8. The van der Waals surface area contributed by atoms with E-state index in [4.69, 9.17) is 10.7 Å². The van der Waals surface area contributed by atoms with Crippen molar-refractivity contribution in [3.63, 3.8) is 0 Å². The van der Waals surface area contributed by atoms with Crippen molar-refractivity contribution in [1.82, 2.24) is 0 Å². The lowest BCUT2D eigenvalue weighted by Gasteiger charge is -1.99. The van der Waals surface area contributed by atoms with Crippen molar-refractivity contribution in [3.8, 4) is 0 Å². The van der Waals surface area contributed by atoms with Gasteiger partial charge in [0.05, 0.1) is 12.0 Å². The molecular formula is C10H6ClNO6S2. The Morgan fingerprint density at radius 2 is 2.10 bits per heavy atom. The number of fused-ring (bicyclic) bond motifs is 1. The number of ether oxygens (including phenoxy) is 1. The first-order chi connectivity index (χ1) is 9.25. The summed E-state index contributed by atoms with van der Waals surface area (Å²) < 4.78 is 28.1. The number of carbonyl (C=O) groups excluding carboxylic acids is 1. The highest BCUT2D eigenvalue weighted by atomic mass is 35.7. The minimum Gasteiger partial charge on any atom is -0.465 e. The molecule has 2 aromatic rings. The van der Waals surface area contributed by atoms with Gasteiger partial charge in [-0.25, -0.2) is 13.2 Å². The van der Waals surface area contributed by atoms with Gasteiger partial charge in [0, 0.05) is 32.9 Å². The van der Waals surface area contributed by atoms with E-state index >= 15 is 0 Å². The largest absolute Gasteiger partial charge is 0.465 e. The Bertz CT molecular complexity index is 826. The van der Waals surface area contributed by atoms with E-state index in [0.29, 0.717) is 4.70 Å². The van der Waals surface area contributed by atoms with Gasteiger partial charge in [0.1, 0.15) is 9.77 Å². The summed E-state index contributed by atoms with van der Waals surface area (Å²) in [6.07, 6.45) is 0. The van der Waals surface area contributed by atoms with Crippen LogP contribution in [0.25, 0.3) is 10.1 Å². The molecule has 2 rings (SSSR count). The SMILES string of the molecule is COC(=O)c1sc2ccc([N+](=O)[O-])cc2c1S(=O)(=O)Cl. The van der Waals surface area contributed by atoms with Gasteiger partial charge < -0.3 is 4.74 Å². The van der Waals surface area contributed by atoms with Crippen LogP contribution in [0.1, 0.15) is 9.67 Å². The number of non-ortho nitro benzene ring substituents is 1. The van der Waals surface area contributed by atoms with Gasteiger partial charge in [0.2, 0.25) is 0 Å². The normalized spacial score (nSPS) is 11.5. The molecule has 0 aliphatic heterocycles. The predicted molar refractivity (Wildman–Crippen MR) is 72.9 cm³/mol. The highest BCUT2D eigenvalue weighted by Gasteiger charge is 2.28. The summed E-state index contributed by atoms with van der Waals surface area (Å²) in [6.45, 7) is 0. The Morgan fingerprint density at radius 1 is 1.45 bits per heavy atom. The first-order valence-electron chi connectivity index (χ1n) is 4.99. The van der Waals surface area contributed by atoms with Crippen LogP contribution in [0.3, 0.4) is 0 Å². The fraction of sp³-hybridized carbons (Fsp3) is 0.100. The molecule has 0 saturated heterocycles. The van der Waals surface area contributed by atoms with Crippen molar-refractivity contribution < 1.29 is 22.9 Å². The van der Waals surface area contributed by atoms with Crippen LogP contribution < -0.4 is 0 Å². The smallest absolute Gasteiger partial charge is 0.349 e. The molecule has 0 saturated carbocycles. The number of esters is 1. The lowest BCUT2D eigenvalue weighted by Crippen LogP contribution is -2.03. The van der Waals surface area contributed by atoms with E-state index in [2.05, 4.69) is 4.74 Å². The minimum absolute atomic E-state index is 0.0274. The molecule has 0 bridgehead atoms. The molecule has 0 amide bonds. The Morgan fingerprint density at radius 3 is 2.60 bits per heavy atom. The van der Waals surface area contributed by atoms with Crippen molar-refractivity contribution in [2.24, 2.45) is 0 Å². The maximum absolute atomic E-state index is 11.6. The molecule has 0 aliphatic rings. The lowest BCUT2D eigenvalue weighted by molar-refractivity contribution is -0.384. The Kier molecular flexibility index (Phi) is 3.67. The van der Waals surface area contributed by atoms with Gasteiger partial charge in [-0.2, -0.15) is 0 Å². The molecule has 0 spiro atoms. The number of hydrogen-bond acceptors (Lipinski definition) is 7. The first-order valence-corrected chi connectivity index (χ1v) is 8.12. The second-order valence-corrected chi connectivity index (χ2v) is 7.18. The van der Waals surface area contributed by atoms with Crippen molar-refractivity contribution in [2.75, 3.05) is 7.11 Å². The summed E-state index contributed by atoms with van der Waals surface area (Å²) in [5.74, 6) is -0.868. The maximum atomic E-state index is 11.6. The summed E-state index contributed by atoms with van der Waals surface area (Å²) in [6, 6.07) is 3.63. The van der Waals surface area contributed by atoms with Gasteiger partial charge in [-0.3, -0.25) is 10.1 Å². The first kappa shape index (κ1) is 14.7. The Hall–Kier alpha value is -1.71. The second-order valence-electron chi connectivity index (χ2n) is 3.63. The van der Waals surface area contributed by atoms with E-state index in [1.807, 2.05) is 0 Å². The minimum atomic E-state index is -4.26. The molecule has 0 unspecified atom stereocenters. The molecule has 10 heteroatoms. The molecule has 7 nitrogen and oxygen atoms in total. The van der Waals surface area contributed by atoms with Gasteiger partial charge in [-0.05, 0) is 6.07 Å². The summed E-state index contributed by atoms with van der Waals surface area (Å²) >= 11 is 0.843. The summed E-state index contributed by atoms with van der Waals surface area (Å²) in [7, 11) is 2.16.